The number of rotatable bonds is 5. The highest BCUT2D eigenvalue weighted by atomic mass is 35.5. The zero-order valence-electron chi connectivity index (χ0n) is 13.8. The van der Waals surface area contributed by atoms with Crippen LogP contribution in [0.1, 0.15) is 28.8 Å². The van der Waals surface area contributed by atoms with E-state index in [0.29, 0.717) is 35.6 Å². The summed E-state index contributed by atoms with van der Waals surface area (Å²) in [7, 11) is 0. The summed E-state index contributed by atoms with van der Waals surface area (Å²) in [4.78, 5) is 13.6. The van der Waals surface area contributed by atoms with Crippen LogP contribution in [0.4, 0.5) is 5.82 Å². The van der Waals surface area contributed by atoms with Gasteiger partial charge in [0.15, 0.2) is 11.0 Å². The summed E-state index contributed by atoms with van der Waals surface area (Å²) in [5, 5.41) is 9.04. The molecule has 9 heteroatoms. The number of amides is 1. The van der Waals surface area contributed by atoms with Crippen molar-refractivity contribution in [2.75, 3.05) is 18.0 Å². The van der Waals surface area contributed by atoms with Crippen molar-refractivity contribution in [3.05, 3.63) is 50.6 Å². The van der Waals surface area contributed by atoms with Gasteiger partial charge in [0.2, 0.25) is 0 Å². The monoisotopic (exact) mass is 414 g/mol. The second kappa shape index (κ2) is 8.39. The van der Waals surface area contributed by atoms with Crippen molar-refractivity contribution in [1.29, 1.82) is 0 Å². The Hall–Kier alpha value is -1.60. The highest BCUT2D eigenvalue weighted by molar-refractivity contribution is 6.42. The standard InChI is InChI=1S/C17H17Cl3N4O2/c18-13-2-1-10(7-14(13)19)9-26-11-3-5-24(6-4-11)17-12(16(21)25)8-15(20)22-23-17/h1-2,7-8,11H,3-6,9H2,(H2,21,25). The van der Waals surface area contributed by atoms with Gasteiger partial charge in [-0.3, -0.25) is 4.79 Å². The molecule has 6 nitrogen and oxygen atoms in total. The number of aromatic nitrogens is 2. The number of benzene rings is 1. The number of hydrogen-bond acceptors (Lipinski definition) is 5. The summed E-state index contributed by atoms with van der Waals surface area (Å²) in [6.07, 6.45) is 1.70. The molecule has 2 N–H and O–H groups in total. The molecule has 1 aliphatic heterocycles. The third-order valence-electron chi connectivity index (χ3n) is 4.22. The summed E-state index contributed by atoms with van der Waals surface area (Å²) in [5.74, 6) is -0.111. The maximum Gasteiger partial charge on any atom is 0.252 e. The highest BCUT2D eigenvalue weighted by Gasteiger charge is 2.24. The van der Waals surface area contributed by atoms with Crippen LogP contribution in [-0.4, -0.2) is 35.3 Å². The molecule has 0 aliphatic carbocycles. The van der Waals surface area contributed by atoms with Crippen LogP contribution in [0.2, 0.25) is 15.2 Å². The SMILES string of the molecule is NC(=O)c1cc(Cl)nnc1N1CCC(OCc2ccc(Cl)c(Cl)c2)CC1. The number of hydrogen-bond donors (Lipinski definition) is 1. The van der Waals surface area contributed by atoms with E-state index in [1.807, 2.05) is 17.0 Å². The van der Waals surface area contributed by atoms with Crippen LogP contribution in [0.25, 0.3) is 0 Å². The molecule has 0 radical (unpaired) electrons. The lowest BCUT2D eigenvalue weighted by Crippen LogP contribution is -2.38. The Bertz CT molecular complexity index is 811. The molecule has 1 amide bonds. The summed E-state index contributed by atoms with van der Waals surface area (Å²) in [6.45, 7) is 1.83. The van der Waals surface area contributed by atoms with Crippen LogP contribution in [0, 0.1) is 0 Å². The third-order valence-corrected chi connectivity index (χ3v) is 5.15. The van der Waals surface area contributed by atoms with Crippen LogP contribution in [0.15, 0.2) is 24.3 Å². The number of piperidine rings is 1. The van der Waals surface area contributed by atoms with Crippen LogP contribution in [-0.2, 0) is 11.3 Å². The van der Waals surface area contributed by atoms with E-state index in [9.17, 15) is 4.79 Å². The van der Waals surface area contributed by atoms with Gasteiger partial charge in [-0.15, -0.1) is 10.2 Å². The van der Waals surface area contributed by atoms with Crippen molar-refractivity contribution in [2.24, 2.45) is 5.73 Å². The minimum absolute atomic E-state index is 0.109. The first kappa shape index (κ1) is 19.2. The van der Waals surface area contributed by atoms with Gasteiger partial charge in [0, 0.05) is 13.1 Å². The molecule has 1 aromatic heterocycles. The van der Waals surface area contributed by atoms with Gasteiger partial charge in [-0.05, 0) is 36.6 Å². The van der Waals surface area contributed by atoms with Crippen LogP contribution >= 0.6 is 34.8 Å². The molecule has 1 aliphatic rings. The Labute approximate surface area is 166 Å². The van der Waals surface area contributed by atoms with Crippen molar-refractivity contribution < 1.29 is 9.53 Å². The van der Waals surface area contributed by atoms with Crippen molar-refractivity contribution in [1.82, 2.24) is 10.2 Å². The summed E-state index contributed by atoms with van der Waals surface area (Å²) in [6, 6.07) is 6.90. The van der Waals surface area contributed by atoms with Gasteiger partial charge >= 0.3 is 0 Å². The van der Waals surface area contributed by atoms with Crippen molar-refractivity contribution in [3.8, 4) is 0 Å². The zero-order valence-corrected chi connectivity index (χ0v) is 16.1. The number of nitrogens with zero attached hydrogens (tertiary/aromatic N) is 3. The molecule has 3 rings (SSSR count). The van der Waals surface area contributed by atoms with Crippen LogP contribution in [0.3, 0.4) is 0 Å². The van der Waals surface area contributed by atoms with Gasteiger partial charge in [-0.25, -0.2) is 0 Å². The highest BCUT2D eigenvalue weighted by Crippen LogP contribution is 2.26. The fourth-order valence-electron chi connectivity index (χ4n) is 2.85. The Balaban J connectivity index is 1.58. The minimum atomic E-state index is -0.574. The average Bonchev–Trinajstić information content (AvgIpc) is 2.63. The smallest absolute Gasteiger partial charge is 0.252 e. The Morgan fingerprint density at radius 3 is 2.54 bits per heavy atom. The number of anilines is 1. The zero-order chi connectivity index (χ0) is 18.7. The van der Waals surface area contributed by atoms with Gasteiger partial charge in [-0.1, -0.05) is 40.9 Å². The molecule has 138 valence electrons. The molecule has 0 atom stereocenters. The number of nitrogens with two attached hydrogens (primary N) is 1. The van der Waals surface area contributed by atoms with Gasteiger partial charge < -0.3 is 15.4 Å². The number of primary amides is 1. The average molecular weight is 416 g/mol. The Kier molecular flexibility index (Phi) is 6.19. The fraction of sp³-hybridized carbons (Fsp3) is 0.353. The first-order chi connectivity index (χ1) is 12.4. The Morgan fingerprint density at radius 2 is 1.88 bits per heavy atom. The molecular weight excluding hydrogens is 399 g/mol. The molecule has 0 spiro atoms. The molecule has 2 heterocycles. The van der Waals surface area contributed by atoms with E-state index in [1.165, 1.54) is 6.07 Å². The molecular formula is C17H17Cl3N4O2. The van der Waals surface area contributed by atoms with Crippen LogP contribution < -0.4 is 10.6 Å². The van der Waals surface area contributed by atoms with Crippen molar-refractivity contribution in [2.45, 2.75) is 25.6 Å². The van der Waals surface area contributed by atoms with E-state index >= 15 is 0 Å². The van der Waals surface area contributed by atoms with Gasteiger partial charge in [0.05, 0.1) is 28.3 Å². The second-order valence-electron chi connectivity index (χ2n) is 6.01. The van der Waals surface area contributed by atoms with Crippen molar-refractivity contribution >= 4 is 46.5 Å². The van der Waals surface area contributed by atoms with Gasteiger partial charge in [0.1, 0.15) is 0 Å². The van der Waals surface area contributed by atoms with Gasteiger partial charge in [0.25, 0.3) is 5.91 Å². The summed E-state index contributed by atoms with van der Waals surface area (Å²) < 4.78 is 5.97. The molecule has 2 aromatic rings. The first-order valence-electron chi connectivity index (χ1n) is 8.07. The Morgan fingerprint density at radius 1 is 1.15 bits per heavy atom. The van der Waals surface area contributed by atoms with E-state index in [0.717, 1.165) is 18.4 Å². The summed E-state index contributed by atoms with van der Waals surface area (Å²) >= 11 is 17.7. The van der Waals surface area contributed by atoms with Crippen LogP contribution in [0.5, 0.6) is 0 Å². The number of carbonyl (C=O) groups is 1. The lowest BCUT2D eigenvalue weighted by molar-refractivity contribution is 0.0250. The van der Waals surface area contributed by atoms with Gasteiger partial charge in [-0.2, -0.15) is 0 Å². The van der Waals surface area contributed by atoms with E-state index in [-0.39, 0.29) is 16.8 Å². The maximum atomic E-state index is 11.6. The first-order valence-corrected chi connectivity index (χ1v) is 9.21. The third kappa shape index (κ3) is 4.57. The predicted molar refractivity (Wildman–Crippen MR) is 102 cm³/mol. The van der Waals surface area contributed by atoms with E-state index < -0.39 is 5.91 Å². The maximum absolute atomic E-state index is 11.6. The second-order valence-corrected chi connectivity index (χ2v) is 7.22. The molecule has 1 aromatic carbocycles. The number of halogens is 3. The number of carbonyl (C=O) groups excluding carboxylic acids is 1. The lowest BCUT2D eigenvalue weighted by atomic mass is 10.1. The van der Waals surface area contributed by atoms with E-state index in [2.05, 4.69) is 10.2 Å². The quantitative estimate of drug-likeness (QED) is 0.805. The molecule has 1 fully saturated rings. The normalized spacial score (nSPS) is 15.3. The molecule has 0 bridgehead atoms. The summed E-state index contributed by atoms with van der Waals surface area (Å²) in [5.41, 5.74) is 6.67. The number of ether oxygens (including phenoxy) is 1. The van der Waals surface area contributed by atoms with Crippen molar-refractivity contribution in [3.63, 3.8) is 0 Å². The molecule has 1 saturated heterocycles. The minimum Gasteiger partial charge on any atom is -0.373 e. The molecule has 0 saturated carbocycles. The predicted octanol–water partition coefficient (Wildman–Crippen LogP) is 3.72. The largest absolute Gasteiger partial charge is 0.373 e. The molecule has 0 unspecified atom stereocenters. The topological polar surface area (TPSA) is 81.3 Å². The lowest BCUT2D eigenvalue weighted by Gasteiger charge is -2.33. The molecule has 26 heavy (non-hydrogen) atoms. The fourth-order valence-corrected chi connectivity index (χ4v) is 3.32. The van der Waals surface area contributed by atoms with E-state index in [4.69, 9.17) is 45.3 Å². The van der Waals surface area contributed by atoms with E-state index in [1.54, 1.807) is 6.07 Å².